The molecule has 0 atom stereocenters. The van der Waals surface area contributed by atoms with E-state index in [0.29, 0.717) is 10.5 Å². The first-order valence-electron chi connectivity index (χ1n) is 3.18. The van der Waals surface area contributed by atoms with E-state index in [0.717, 1.165) is 0 Å². The van der Waals surface area contributed by atoms with E-state index < -0.39 is 10.1 Å². The topological polar surface area (TPSA) is 54.4 Å². The van der Waals surface area contributed by atoms with E-state index >= 15 is 0 Å². The third-order valence-electron chi connectivity index (χ3n) is 1.44. The van der Waals surface area contributed by atoms with Gasteiger partial charge in [0.05, 0.1) is 4.90 Å². The first-order chi connectivity index (χ1) is 5.41. The van der Waals surface area contributed by atoms with Crippen LogP contribution >= 0.6 is 12.6 Å². The largest absolute Gasteiger partial charge is 0.294 e. The molecule has 66 valence electrons. The van der Waals surface area contributed by atoms with Crippen LogP contribution in [-0.2, 0) is 10.1 Å². The van der Waals surface area contributed by atoms with Gasteiger partial charge in [-0.1, -0.05) is 0 Å². The fourth-order valence-corrected chi connectivity index (χ4v) is 1.90. The van der Waals surface area contributed by atoms with Gasteiger partial charge in [-0.05, 0) is 30.7 Å². The van der Waals surface area contributed by atoms with Gasteiger partial charge < -0.3 is 0 Å². The van der Waals surface area contributed by atoms with E-state index in [9.17, 15) is 8.42 Å². The summed E-state index contributed by atoms with van der Waals surface area (Å²) in [4.78, 5) is 0.597. The number of aryl methyl sites for hydroxylation is 1. The van der Waals surface area contributed by atoms with Crippen LogP contribution in [0, 0.1) is 6.92 Å². The van der Waals surface area contributed by atoms with Crippen LogP contribution in [0.1, 0.15) is 5.56 Å². The SMILES string of the molecule is Cc1cc(S)ccc1S(=O)(=O)O. The summed E-state index contributed by atoms with van der Waals surface area (Å²) < 4.78 is 30.1. The van der Waals surface area contributed by atoms with Crippen LogP contribution in [0.3, 0.4) is 0 Å². The molecule has 1 aromatic rings. The summed E-state index contributed by atoms with van der Waals surface area (Å²) in [6.45, 7) is 1.60. The average molecular weight is 204 g/mol. The lowest BCUT2D eigenvalue weighted by Gasteiger charge is -2.01. The molecule has 5 heteroatoms. The molecule has 0 fully saturated rings. The van der Waals surface area contributed by atoms with Crippen molar-refractivity contribution in [3.05, 3.63) is 23.8 Å². The third kappa shape index (κ3) is 2.00. The minimum absolute atomic E-state index is 0.0692. The molecule has 0 aliphatic heterocycles. The van der Waals surface area contributed by atoms with Gasteiger partial charge >= 0.3 is 0 Å². The van der Waals surface area contributed by atoms with Crippen molar-refractivity contribution in [3.63, 3.8) is 0 Å². The van der Waals surface area contributed by atoms with E-state index in [4.69, 9.17) is 4.55 Å². The molecule has 0 heterocycles. The first-order valence-corrected chi connectivity index (χ1v) is 5.07. The number of hydrogen-bond donors (Lipinski definition) is 2. The molecule has 1 N–H and O–H groups in total. The number of rotatable bonds is 1. The monoisotopic (exact) mass is 204 g/mol. The van der Waals surface area contributed by atoms with Crippen molar-refractivity contribution in [1.29, 1.82) is 0 Å². The molecule has 0 spiro atoms. The van der Waals surface area contributed by atoms with Gasteiger partial charge in [-0.15, -0.1) is 12.6 Å². The Morgan fingerprint density at radius 1 is 1.42 bits per heavy atom. The molecule has 3 nitrogen and oxygen atoms in total. The number of benzene rings is 1. The second kappa shape index (κ2) is 3.08. The van der Waals surface area contributed by atoms with Crippen LogP contribution in [0.5, 0.6) is 0 Å². The third-order valence-corrected chi connectivity index (χ3v) is 2.73. The molecule has 0 aliphatic rings. The summed E-state index contributed by atoms with van der Waals surface area (Å²) in [6, 6.07) is 4.42. The fraction of sp³-hybridized carbons (Fsp3) is 0.143. The number of hydrogen-bond acceptors (Lipinski definition) is 3. The Labute approximate surface area is 76.6 Å². The van der Waals surface area contributed by atoms with E-state index in [1.165, 1.54) is 12.1 Å². The highest BCUT2D eigenvalue weighted by Gasteiger charge is 2.11. The fourth-order valence-electron chi connectivity index (χ4n) is 0.923. The lowest BCUT2D eigenvalue weighted by atomic mass is 10.2. The van der Waals surface area contributed by atoms with Gasteiger partial charge in [0, 0.05) is 4.90 Å². The molecule has 0 aromatic heterocycles. The van der Waals surface area contributed by atoms with Gasteiger partial charge in [0.1, 0.15) is 0 Å². The molecule has 0 saturated heterocycles. The van der Waals surface area contributed by atoms with Crippen LogP contribution in [0.4, 0.5) is 0 Å². The highest BCUT2D eigenvalue weighted by Crippen LogP contribution is 2.17. The van der Waals surface area contributed by atoms with Crippen molar-refractivity contribution in [2.24, 2.45) is 0 Å². The highest BCUT2D eigenvalue weighted by molar-refractivity contribution is 7.86. The minimum Gasteiger partial charge on any atom is -0.282 e. The zero-order valence-electron chi connectivity index (χ0n) is 6.35. The molecule has 0 unspecified atom stereocenters. The molecule has 0 aliphatic carbocycles. The van der Waals surface area contributed by atoms with Crippen molar-refractivity contribution in [2.45, 2.75) is 16.7 Å². The molecular formula is C7H8O3S2. The molecule has 0 amide bonds. The number of thiol groups is 1. The summed E-state index contributed by atoms with van der Waals surface area (Å²) in [5, 5.41) is 0. The predicted molar refractivity (Wildman–Crippen MR) is 48.2 cm³/mol. The van der Waals surface area contributed by atoms with Crippen LogP contribution < -0.4 is 0 Å². The predicted octanol–water partition coefficient (Wildman–Crippen LogP) is 1.53. The Bertz CT molecular complexity index is 395. The second-order valence-corrected chi connectivity index (χ2v) is 4.33. The average Bonchev–Trinajstić information content (AvgIpc) is 1.83. The van der Waals surface area contributed by atoms with Gasteiger partial charge in [0.25, 0.3) is 10.1 Å². The van der Waals surface area contributed by atoms with Gasteiger partial charge in [-0.2, -0.15) is 8.42 Å². The summed E-state index contributed by atoms with van der Waals surface area (Å²) in [6.07, 6.45) is 0. The van der Waals surface area contributed by atoms with Gasteiger partial charge in [-0.3, -0.25) is 4.55 Å². The molecule has 0 bridgehead atoms. The molecule has 0 radical (unpaired) electrons. The van der Waals surface area contributed by atoms with E-state index in [1.807, 2.05) is 0 Å². The summed E-state index contributed by atoms with van der Waals surface area (Å²) in [7, 11) is -4.08. The van der Waals surface area contributed by atoms with Gasteiger partial charge in [-0.25, -0.2) is 0 Å². The van der Waals surface area contributed by atoms with Crippen molar-refractivity contribution in [2.75, 3.05) is 0 Å². The van der Waals surface area contributed by atoms with Crippen molar-refractivity contribution in [1.82, 2.24) is 0 Å². The maximum Gasteiger partial charge on any atom is 0.294 e. The highest BCUT2D eigenvalue weighted by atomic mass is 32.2. The normalized spacial score (nSPS) is 11.6. The minimum atomic E-state index is -4.08. The van der Waals surface area contributed by atoms with Crippen molar-refractivity contribution < 1.29 is 13.0 Å². The van der Waals surface area contributed by atoms with Crippen LogP contribution in [0.25, 0.3) is 0 Å². The maximum atomic E-state index is 10.7. The lowest BCUT2D eigenvalue weighted by Crippen LogP contribution is -2.00. The van der Waals surface area contributed by atoms with Crippen molar-refractivity contribution in [3.8, 4) is 0 Å². The smallest absolute Gasteiger partial charge is 0.282 e. The van der Waals surface area contributed by atoms with E-state index in [1.54, 1.807) is 13.0 Å². The molecule has 0 saturated carbocycles. The Morgan fingerprint density at radius 2 is 2.00 bits per heavy atom. The van der Waals surface area contributed by atoms with Crippen molar-refractivity contribution >= 4 is 22.7 Å². The Morgan fingerprint density at radius 3 is 2.42 bits per heavy atom. The van der Waals surface area contributed by atoms with Gasteiger partial charge in [0.2, 0.25) is 0 Å². The molecule has 12 heavy (non-hydrogen) atoms. The standard InChI is InChI=1S/C7H8O3S2/c1-5-4-6(11)2-3-7(5)12(8,9)10/h2-4,11H,1H3,(H,8,9,10). The van der Waals surface area contributed by atoms with Crippen LogP contribution in [-0.4, -0.2) is 13.0 Å². The Kier molecular flexibility index (Phi) is 2.46. The van der Waals surface area contributed by atoms with E-state index in [2.05, 4.69) is 12.6 Å². The van der Waals surface area contributed by atoms with Crippen LogP contribution in [0.2, 0.25) is 0 Å². The zero-order valence-corrected chi connectivity index (χ0v) is 8.06. The Hall–Kier alpha value is -0.520. The first kappa shape index (κ1) is 9.57. The lowest BCUT2D eigenvalue weighted by molar-refractivity contribution is 0.482. The molecule has 1 rings (SSSR count). The summed E-state index contributed by atoms with van der Waals surface area (Å²) >= 11 is 4.02. The Balaban J connectivity index is 3.39. The van der Waals surface area contributed by atoms with Crippen LogP contribution in [0.15, 0.2) is 28.0 Å². The summed E-state index contributed by atoms with van der Waals surface area (Å²) in [5.74, 6) is 0. The van der Waals surface area contributed by atoms with Gasteiger partial charge in [0.15, 0.2) is 0 Å². The molecule has 1 aromatic carbocycles. The summed E-state index contributed by atoms with van der Waals surface area (Å²) in [5.41, 5.74) is 0.491. The zero-order chi connectivity index (χ0) is 9.35. The van der Waals surface area contributed by atoms with E-state index in [-0.39, 0.29) is 4.90 Å². The second-order valence-electron chi connectivity index (χ2n) is 2.42. The quantitative estimate of drug-likeness (QED) is 0.539. The molecular weight excluding hydrogens is 196 g/mol. The maximum absolute atomic E-state index is 10.7.